The largest absolute Gasteiger partial charge is 0.673 e. The van der Waals surface area contributed by atoms with Gasteiger partial charge in [-0.3, -0.25) is 0 Å². The van der Waals surface area contributed by atoms with Gasteiger partial charge >= 0.3 is 7.25 Å². The first-order valence-electron chi connectivity index (χ1n) is 2.86. The van der Waals surface area contributed by atoms with E-state index >= 15 is 0 Å². The Balaban J connectivity index is 0.000000217. The molecule has 0 aliphatic carbocycles. The zero-order chi connectivity index (χ0) is 9.78. The molecule has 0 radical (unpaired) electrons. The highest BCUT2D eigenvalue weighted by molar-refractivity contribution is 9.04. The predicted molar refractivity (Wildman–Crippen MR) is 40.1 cm³/mol. The Morgan fingerprint density at radius 2 is 1.75 bits per heavy atom. The maximum absolute atomic E-state index is 9.75. The van der Waals surface area contributed by atoms with E-state index < -0.39 is 7.25 Å². The van der Waals surface area contributed by atoms with Crippen molar-refractivity contribution in [3.8, 4) is 0 Å². The van der Waals surface area contributed by atoms with Crippen molar-refractivity contribution >= 4 is 23.4 Å². The molecule has 0 atom stereocenters. The maximum atomic E-state index is 9.75. The molecule has 0 aliphatic rings. The van der Waals surface area contributed by atoms with E-state index in [1.807, 2.05) is 33.9 Å². The first kappa shape index (κ1) is 11.5. The molecule has 0 aromatic carbocycles. The highest BCUT2D eigenvalue weighted by Crippen LogP contribution is 2.06. The molecular weight excluding hydrogens is 243 g/mol. The van der Waals surface area contributed by atoms with Crippen molar-refractivity contribution in [1.82, 2.24) is 4.57 Å². The lowest BCUT2D eigenvalue weighted by atomic mass is 10.3. The van der Waals surface area contributed by atoms with Crippen LogP contribution in [0.3, 0.4) is 0 Å². The minimum absolute atomic E-state index is 1.81. The van der Waals surface area contributed by atoms with Crippen LogP contribution in [0.15, 0.2) is 18.7 Å². The van der Waals surface area contributed by atoms with Gasteiger partial charge in [0.15, 0.2) is 16.1 Å². The third kappa shape index (κ3) is 9.47. The van der Waals surface area contributed by atoms with Gasteiger partial charge < -0.3 is 17.3 Å². The van der Waals surface area contributed by atoms with E-state index in [0.717, 1.165) is 0 Å². The average Bonchev–Trinajstić information content (AvgIpc) is 2.09. The molecule has 0 unspecified atom stereocenters. The molecule has 1 rings (SSSR count). The van der Waals surface area contributed by atoms with E-state index in [4.69, 9.17) is 0 Å². The quantitative estimate of drug-likeness (QED) is 0.489. The molecular formula is C4H6BBrF4N2. The van der Waals surface area contributed by atoms with Crippen molar-refractivity contribution in [2.75, 3.05) is 0 Å². The van der Waals surface area contributed by atoms with E-state index in [2.05, 4.69) is 16.1 Å². The van der Waals surface area contributed by atoms with Crippen molar-refractivity contribution in [1.29, 1.82) is 0 Å². The highest BCUT2D eigenvalue weighted by atomic mass is 79.9. The minimum Gasteiger partial charge on any atom is -0.418 e. The fourth-order valence-corrected chi connectivity index (χ4v) is 0.814. The van der Waals surface area contributed by atoms with Gasteiger partial charge in [-0.05, 0) is 0 Å². The number of aryl methyl sites for hydroxylation is 1. The molecule has 0 saturated carbocycles. The molecule has 1 heterocycles. The van der Waals surface area contributed by atoms with Gasteiger partial charge in [0.05, 0.1) is 7.05 Å². The molecule has 1 aromatic rings. The van der Waals surface area contributed by atoms with E-state index in [0.29, 0.717) is 0 Å². The Morgan fingerprint density at radius 1 is 1.33 bits per heavy atom. The van der Waals surface area contributed by atoms with E-state index in [1.54, 1.807) is 0 Å². The normalized spacial score (nSPS) is 10.5. The van der Waals surface area contributed by atoms with Crippen LogP contribution in [0.1, 0.15) is 0 Å². The van der Waals surface area contributed by atoms with Gasteiger partial charge in [-0.15, -0.1) is 0 Å². The van der Waals surface area contributed by atoms with Gasteiger partial charge in [-0.25, -0.2) is 4.57 Å². The number of nitrogens with zero attached hydrogens (tertiary/aromatic N) is 2. The van der Waals surface area contributed by atoms with Gasteiger partial charge in [0.25, 0.3) is 6.33 Å². The molecule has 0 spiro atoms. The van der Waals surface area contributed by atoms with Crippen molar-refractivity contribution in [2.45, 2.75) is 0 Å². The summed E-state index contributed by atoms with van der Waals surface area (Å²) in [5.74, 6) is 0. The SMILES string of the molecule is Cn1cc[n+](Br)c1.F[B-](F)(F)F. The number of hydrogen-bond donors (Lipinski definition) is 0. The fourth-order valence-electron chi connectivity index (χ4n) is 0.420. The minimum atomic E-state index is -6.00. The van der Waals surface area contributed by atoms with Crippen molar-refractivity contribution in [3.63, 3.8) is 0 Å². The Morgan fingerprint density at radius 3 is 1.83 bits per heavy atom. The number of halogens is 5. The summed E-state index contributed by atoms with van der Waals surface area (Å²) in [7, 11) is -4.03. The van der Waals surface area contributed by atoms with E-state index in [9.17, 15) is 17.3 Å². The van der Waals surface area contributed by atoms with Crippen LogP contribution >= 0.6 is 16.1 Å². The smallest absolute Gasteiger partial charge is 0.418 e. The molecule has 0 aliphatic heterocycles. The molecule has 12 heavy (non-hydrogen) atoms. The van der Waals surface area contributed by atoms with Gasteiger partial charge in [-0.2, -0.15) is 3.59 Å². The van der Waals surface area contributed by atoms with Crippen LogP contribution in [0.25, 0.3) is 0 Å². The third-order valence-electron chi connectivity index (χ3n) is 0.737. The lowest BCUT2D eigenvalue weighted by Gasteiger charge is -1.94. The number of hydrogen-bond acceptors (Lipinski definition) is 0. The van der Waals surface area contributed by atoms with Crippen LogP contribution in [-0.4, -0.2) is 11.8 Å². The predicted octanol–water partition coefficient (Wildman–Crippen LogP) is 1.77. The Kier molecular flexibility index (Phi) is 4.29. The summed E-state index contributed by atoms with van der Waals surface area (Å²) in [6, 6.07) is 0. The van der Waals surface area contributed by atoms with Crippen LogP contribution in [-0.2, 0) is 7.05 Å². The average molecular weight is 249 g/mol. The molecule has 0 saturated heterocycles. The molecule has 0 fully saturated rings. The molecule has 0 N–H and O–H groups in total. The van der Waals surface area contributed by atoms with Crippen LogP contribution in [0.2, 0.25) is 0 Å². The van der Waals surface area contributed by atoms with Gasteiger partial charge in [-0.1, -0.05) is 0 Å². The molecule has 0 amide bonds. The summed E-state index contributed by atoms with van der Waals surface area (Å²) in [4.78, 5) is 0. The van der Waals surface area contributed by atoms with Crippen LogP contribution in [0.5, 0.6) is 0 Å². The van der Waals surface area contributed by atoms with E-state index in [1.165, 1.54) is 0 Å². The van der Waals surface area contributed by atoms with Crippen molar-refractivity contribution in [3.05, 3.63) is 18.7 Å². The summed E-state index contributed by atoms with van der Waals surface area (Å²) < 4.78 is 42.8. The molecule has 70 valence electrons. The molecule has 1 aromatic heterocycles. The second-order valence-corrected chi connectivity index (χ2v) is 2.74. The van der Waals surface area contributed by atoms with Crippen LogP contribution < -0.4 is 3.59 Å². The molecule has 2 nitrogen and oxygen atoms in total. The van der Waals surface area contributed by atoms with Crippen LogP contribution in [0, 0.1) is 0 Å². The number of imidazole rings is 1. The fraction of sp³-hybridized carbons (Fsp3) is 0.250. The van der Waals surface area contributed by atoms with E-state index in [-0.39, 0.29) is 0 Å². The Hall–Kier alpha value is -0.525. The molecule has 8 heteroatoms. The lowest BCUT2D eigenvalue weighted by molar-refractivity contribution is -0.473. The van der Waals surface area contributed by atoms with Crippen LogP contribution in [0.4, 0.5) is 17.3 Å². The standard InChI is InChI=1S/C4H6BrN2.BF4/c1-6-2-3-7(5)4-6;2-1(3,4)5/h2-4H,1H3;/q+1;-1. The first-order chi connectivity index (χ1) is 5.29. The van der Waals surface area contributed by atoms with Crippen molar-refractivity contribution in [2.24, 2.45) is 7.05 Å². The van der Waals surface area contributed by atoms with Crippen molar-refractivity contribution < 1.29 is 20.9 Å². The highest BCUT2D eigenvalue weighted by Gasteiger charge is 2.20. The lowest BCUT2D eigenvalue weighted by Crippen LogP contribution is -2.13. The first-order valence-corrected chi connectivity index (χ1v) is 3.56. The monoisotopic (exact) mass is 248 g/mol. The van der Waals surface area contributed by atoms with Gasteiger partial charge in [0.1, 0.15) is 12.4 Å². The summed E-state index contributed by atoms with van der Waals surface area (Å²) in [5, 5.41) is 0. The zero-order valence-electron chi connectivity index (χ0n) is 6.09. The zero-order valence-corrected chi connectivity index (χ0v) is 7.68. The van der Waals surface area contributed by atoms with Gasteiger partial charge in [0, 0.05) is 0 Å². The molecule has 0 bridgehead atoms. The summed E-state index contributed by atoms with van der Waals surface area (Å²) in [6.07, 6.45) is 5.79. The maximum Gasteiger partial charge on any atom is 0.673 e. The Bertz CT molecular complexity index is 213. The summed E-state index contributed by atoms with van der Waals surface area (Å²) >= 11 is 3.23. The van der Waals surface area contributed by atoms with Gasteiger partial charge in [0.2, 0.25) is 0 Å². The third-order valence-corrected chi connectivity index (χ3v) is 1.16. The number of aromatic nitrogens is 2. The summed E-state index contributed by atoms with van der Waals surface area (Å²) in [5.41, 5.74) is 0. The topological polar surface area (TPSA) is 8.81 Å². The second-order valence-electron chi connectivity index (χ2n) is 1.92. The number of rotatable bonds is 0. The summed E-state index contributed by atoms with van der Waals surface area (Å²) in [6.45, 7) is 0. The Labute approximate surface area is 75.2 Å². The second kappa shape index (κ2) is 4.49.